The van der Waals surface area contributed by atoms with Crippen molar-refractivity contribution in [1.82, 2.24) is 0 Å². The summed E-state index contributed by atoms with van der Waals surface area (Å²) in [6.07, 6.45) is 1.53. The number of aliphatic imine (C=N–C) groups is 1. The molecule has 27 heavy (non-hydrogen) atoms. The Kier molecular flexibility index (Phi) is 5.81. The van der Waals surface area contributed by atoms with E-state index in [1.807, 2.05) is 6.07 Å². The molecule has 0 unspecified atom stereocenters. The quantitative estimate of drug-likeness (QED) is 0.274. The highest BCUT2D eigenvalue weighted by atomic mass is 127. The van der Waals surface area contributed by atoms with E-state index in [1.165, 1.54) is 20.1 Å². The number of hydrogen-bond donors (Lipinski definition) is 0. The van der Waals surface area contributed by atoms with Crippen LogP contribution >= 0.6 is 34.2 Å². The Morgan fingerprint density at radius 2 is 2.00 bits per heavy atom. The van der Waals surface area contributed by atoms with Gasteiger partial charge in [-0.05, 0) is 64.6 Å². The minimum atomic E-state index is -0.593. The number of methoxy groups -OCH3 is 1. The molecule has 6 nitrogen and oxygen atoms in total. The summed E-state index contributed by atoms with van der Waals surface area (Å²) in [5.41, 5.74) is 1.24. The van der Waals surface area contributed by atoms with E-state index >= 15 is 0 Å². The normalized spacial score (nSPS) is 14.7. The molecule has 2 aromatic rings. The third-order valence-corrected chi connectivity index (χ3v) is 4.52. The number of nitrogens with zero attached hydrogens (tertiary/aromatic N) is 1. The molecule has 0 fully saturated rings. The Labute approximate surface area is 173 Å². The first-order valence-corrected chi connectivity index (χ1v) is 9.17. The van der Waals surface area contributed by atoms with Crippen LogP contribution < -0.4 is 9.47 Å². The lowest BCUT2D eigenvalue weighted by molar-refractivity contribution is -0.132. The zero-order valence-corrected chi connectivity index (χ0v) is 17.2. The lowest BCUT2D eigenvalue weighted by atomic mass is 10.1. The Balaban J connectivity index is 1.97. The van der Waals surface area contributed by atoms with Crippen molar-refractivity contribution in [2.24, 2.45) is 4.99 Å². The molecule has 3 rings (SSSR count). The summed E-state index contributed by atoms with van der Waals surface area (Å²) in [4.78, 5) is 27.7. The molecule has 8 heteroatoms. The number of rotatable bonds is 4. The zero-order chi connectivity index (χ0) is 19.6. The summed E-state index contributed by atoms with van der Waals surface area (Å²) in [5, 5.41) is 0.435. The van der Waals surface area contributed by atoms with E-state index in [2.05, 4.69) is 27.6 Å². The van der Waals surface area contributed by atoms with E-state index in [9.17, 15) is 9.59 Å². The van der Waals surface area contributed by atoms with E-state index in [4.69, 9.17) is 25.8 Å². The first kappa shape index (κ1) is 19.4. The van der Waals surface area contributed by atoms with Crippen LogP contribution in [-0.4, -0.2) is 24.9 Å². The number of carbonyl (C=O) groups is 2. The summed E-state index contributed by atoms with van der Waals surface area (Å²) < 4.78 is 16.5. The van der Waals surface area contributed by atoms with Crippen molar-refractivity contribution in [3.63, 3.8) is 0 Å². The number of cyclic esters (lactones) is 1. The van der Waals surface area contributed by atoms with Gasteiger partial charge in [-0.3, -0.25) is 4.79 Å². The van der Waals surface area contributed by atoms with Crippen molar-refractivity contribution in [2.45, 2.75) is 6.92 Å². The molecule has 0 aliphatic carbocycles. The zero-order valence-electron chi connectivity index (χ0n) is 14.3. The standard InChI is InChI=1S/C19H13ClINO5/c1-10(23)26-17-8-11(3-6-16(17)25-2)7-15-19(24)27-18(22-15)13-9-12(21)4-5-14(13)20/h3-9H,1-2H3/b15-7-. The molecule has 0 aromatic heterocycles. The van der Waals surface area contributed by atoms with Crippen LogP contribution in [0.5, 0.6) is 11.5 Å². The van der Waals surface area contributed by atoms with E-state index < -0.39 is 11.9 Å². The maximum atomic E-state index is 12.2. The third-order valence-electron chi connectivity index (χ3n) is 3.52. The summed E-state index contributed by atoms with van der Waals surface area (Å²) in [7, 11) is 1.47. The van der Waals surface area contributed by atoms with Gasteiger partial charge in [0.15, 0.2) is 17.2 Å². The van der Waals surface area contributed by atoms with Gasteiger partial charge in [0.05, 0.1) is 17.7 Å². The Morgan fingerprint density at radius 3 is 2.70 bits per heavy atom. The molecule has 1 aliphatic rings. The first-order valence-electron chi connectivity index (χ1n) is 7.72. The Morgan fingerprint density at radius 1 is 1.22 bits per heavy atom. The molecule has 0 saturated heterocycles. The number of ether oxygens (including phenoxy) is 3. The minimum absolute atomic E-state index is 0.110. The van der Waals surface area contributed by atoms with Crippen LogP contribution in [0, 0.1) is 3.57 Å². The van der Waals surface area contributed by atoms with Crippen LogP contribution in [0.25, 0.3) is 6.08 Å². The summed E-state index contributed by atoms with van der Waals surface area (Å²) in [5.74, 6) is -0.285. The summed E-state index contributed by atoms with van der Waals surface area (Å²) in [6.45, 7) is 1.29. The second kappa shape index (κ2) is 8.10. The SMILES string of the molecule is COc1ccc(/C=C2\N=C(c3cc(I)ccc3Cl)OC2=O)cc1OC(C)=O. The molecule has 138 valence electrons. The minimum Gasteiger partial charge on any atom is -0.493 e. The topological polar surface area (TPSA) is 74.2 Å². The predicted molar refractivity (Wildman–Crippen MR) is 109 cm³/mol. The van der Waals surface area contributed by atoms with Crippen LogP contribution in [0.4, 0.5) is 0 Å². The smallest absolute Gasteiger partial charge is 0.363 e. The second-order valence-corrected chi connectivity index (χ2v) is 7.12. The van der Waals surface area contributed by atoms with Crippen molar-refractivity contribution < 1.29 is 23.8 Å². The number of carbonyl (C=O) groups excluding carboxylic acids is 2. The molecule has 0 radical (unpaired) electrons. The largest absolute Gasteiger partial charge is 0.493 e. The average Bonchev–Trinajstić information content (AvgIpc) is 2.97. The van der Waals surface area contributed by atoms with Crippen LogP contribution in [0.3, 0.4) is 0 Å². The van der Waals surface area contributed by atoms with Gasteiger partial charge in [-0.1, -0.05) is 17.7 Å². The molecule has 0 N–H and O–H groups in total. The van der Waals surface area contributed by atoms with Gasteiger partial charge in [-0.15, -0.1) is 0 Å². The van der Waals surface area contributed by atoms with E-state index in [0.717, 1.165) is 3.57 Å². The fraction of sp³-hybridized carbons (Fsp3) is 0.105. The van der Waals surface area contributed by atoms with Crippen LogP contribution in [0.15, 0.2) is 47.1 Å². The van der Waals surface area contributed by atoms with Crippen LogP contribution in [-0.2, 0) is 14.3 Å². The number of hydrogen-bond acceptors (Lipinski definition) is 6. The van der Waals surface area contributed by atoms with Gasteiger partial charge in [0, 0.05) is 10.5 Å². The molecule has 0 bridgehead atoms. The molecular formula is C19H13ClINO5. The molecule has 2 aromatic carbocycles. The average molecular weight is 498 g/mol. The lowest BCUT2D eigenvalue weighted by Crippen LogP contribution is -2.06. The van der Waals surface area contributed by atoms with Gasteiger partial charge in [0.1, 0.15) is 0 Å². The highest BCUT2D eigenvalue weighted by molar-refractivity contribution is 14.1. The van der Waals surface area contributed by atoms with Crippen molar-refractivity contribution in [3.8, 4) is 11.5 Å². The molecule has 1 aliphatic heterocycles. The van der Waals surface area contributed by atoms with Gasteiger partial charge in [-0.25, -0.2) is 9.79 Å². The molecule has 0 atom stereocenters. The van der Waals surface area contributed by atoms with Crippen LogP contribution in [0.2, 0.25) is 5.02 Å². The number of benzene rings is 2. The second-order valence-electron chi connectivity index (χ2n) is 5.46. The molecule has 1 heterocycles. The van der Waals surface area contributed by atoms with Crippen molar-refractivity contribution >= 4 is 58.1 Å². The highest BCUT2D eigenvalue weighted by Crippen LogP contribution is 2.30. The fourth-order valence-electron chi connectivity index (χ4n) is 2.36. The van der Waals surface area contributed by atoms with Crippen molar-refractivity contribution in [3.05, 3.63) is 61.8 Å². The maximum absolute atomic E-state index is 12.2. The lowest BCUT2D eigenvalue weighted by Gasteiger charge is -2.08. The molecule has 0 amide bonds. The van der Waals surface area contributed by atoms with E-state index in [-0.39, 0.29) is 17.3 Å². The van der Waals surface area contributed by atoms with Gasteiger partial charge in [0.25, 0.3) is 0 Å². The first-order chi connectivity index (χ1) is 12.9. The van der Waals surface area contributed by atoms with Gasteiger partial charge < -0.3 is 14.2 Å². The monoisotopic (exact) mass is 497 g/mol. The molecule has 0 spiro atoms. The maximum Gasteiger partial charge on any atom is 0.363 e. The summed E-state index contributed by atoms with van der Waals surface area (Å²) >= 11 is 8.31. The number of esters is 2. The van der Waals surface area contributed by atoms with Crippen molar-refractivity contribution in [1.29, 1.82) is 0 Å². The number of halogens is 2. The summed E-state index contributed by atoms with van der Waals surface area (Å²) in [6, 6.07) is 10.3. The predicted octanol–water partition coefficient (Wildman–Crippen LogP) is 4.22. The molecular weight excluding hydrogens is 485 g/mol. The Bertz CT molecular complexity index is 1000. The van der Waals surface area contributed by atoms with Gasteiger partial charge >= 0.3 is 11.9 Å². The van der Waals surface area contributed by atoms with E-state index in [0.29, 0.717) is 21.9 Å². The van der Waals surface area contributed by atoms with E-state index in [1.54, 1.807) is 30.3 Å². The third kappa shape index (κ3) is 4.48. The van der Waals surface area contributed by atoms with Crippen LogP contribution in [0.1, 0.15) is 18.1 Å². The molecule has 0 saturated carbocycles. The van der Waals surface area contributed by atoms with Crippen molar-refractivity contribution in [2.75, 3.05) is 7.11 Å². The Hall–Kier alpha value is -2.39. The highest BCUT2D eigenvalue weighted by Gasteiger charge is 2.26. The van der Waals surface area contributed by atoms with Gasteiger partial charge in [-0.2, -0.15) is 0 Å². The van der Waals surface area contributed by atoms with Gasteiger partial charge in [0.2, 0.25) is 5.90 Å². The fourth-order valence-corrected chi connectivity index (χ4v) is 3.05.